The summed E-state index contributed by atoms with van der Waals surface area (Å²) in [7, 11) is 0. The van der Waals surface area contributed by atoms with Gasteiger partial charge in [-0.3, -0.25) is 4.79 Å². The fourth-order valence-corrected chi connectivity index (χ4v) is 1.48. The molecule has 0 aliphatic heterocycles. The van der Waals surface area contributed by atoms with Crippen molar-refractivity contribution in [2.24, 2.45) is 0 Å². The topological polar surface area (TPSA) is 57.5 Å². The zero-order valence-electron chi connectivity index (χ0n) is 10.2. The maximum atomic E-state index is 10.2. The first kappa shape index (κ1) is 15.2. The van der Waals surface area contributed by atoms with E-state index in [0.29, 0.717) is 6.42 Å². The summed E-state index contributed by atoms with van der Waals surface area (Å²) in [5.41, 5.74) is 0. The van der Waals surface area contributed by atoms with Crippen LogP contribution < -0.4 is 0 Å². The number of hydrogen-bond donors (Lipinski definition) is 2. The van der Waals surface area contributed by atoms with Gasteiger partial charge in [0.2, 0.25) is 0 Å². The van der Waals surface area contributed by atoms with Crippen LogP contribution in [0.2, 0.25) is 0 Å². The molecule has 0 radical (unpaired) electrons. The molecule has 0 saturated carbocycles. The van der Waals surface area contributed by atoms with Crippen LogP contribution in [0.25, 0.3) is 0 Å². The van der Waals surface area contributed by atoms with Gasteiger partial charge in [0.15, 0.2) is 0 Å². The molecular formula is C13H24O3. The van der Waals surface area contributed by atoms with E-state index in [4.69, 9.17) is 10.2 Å². The molecule has 0 amide bonds. The van der Waals surface area contributed by atoms with Gasteiger partial charge in [0.25, 0.3) is 0 Å². The van der Waals surface area contributed by atoms with Gasteiger partial charge in [-0.15, -0.1) is 0 Å². The summed E-state index contributed by atoms with van der Waals surface area (Å²) >= 11 is 0. The molecule has 0 aliphatic rings. The lowest BCUT2D eigenvalue weighted by molar-refractivity contribution is -0.137. The average Bonchev–Trinajstić information content (AvgIpc) is 2.20. The minimum absolute atomic E-state index is 0.243. The summed E-state index contributed by atoms with van der Waals surface area (Å²) < 4.78 is 0. The van der Waals surface area contributed by atoms with E-state index in [1.165, 1.54) is 6.42 Å². The Labute approximate surface area is 98.2 Å². The molecule has 3 heteroatoms. The second-order valence-electron chi connectivity index (χ2n) is 4.26. The molecule has 2 N–H and O–H groups in total. The summed E-state index contributed by atoms with van der Waals surface area (Å²) in [6.07, 6.45) is 11.3. The largest absolute Gasteiger partial charge is 0.481 e. The van der Waals surface area contributed by atoms with Gasteiger partial charge in [-0.1, -0.05) is 31.4 Å². The molecule has 0 fully saturated rings. The van der Waals surface area contributed by atoms with E-state index in [-0.39, 0.29) is 6.10 Å². The quantitative estimate of drug-likeness (QED) is 0.446. The fourth-order valence-electron chi connectivity index (χ4n) is 1.48. The predicted molar refractivity (Wildman–Crippen MR) is 65.4 cm³/mol. The van der Waals surface area contributed by atoms with E-state index < -0.39 is 5.97 Å². The molecule has 0 unspecified atom stereocenters. The lowest BCUT2D eigenvalue weighted by atomic mass is 10.1. The van der Waals surface area contributed by atoms with Crippen LogP contribution in [0.5, 0.6) is 0 Å². The number of rotatable bonds is 10. The number of aliphatic hydroxyl groups is 1. The van der Waals surface area contributed by atoms with Gasteiger partial charge in [-0.05, 0) is 32.6 Å². The Morgan fingerprint density at radius 1 is 1.12 bits per heavy atom. The maximum Gasteiger partial charge on any atom is 0.303 e. The molecule has 0 aromatic carbocycles. The number of aliphatic hydroxyl groups excluding tert-OH is 1. The van der Waals surface area contributed by atoms with Gasteiger partial charge >= 0.3 is 5.97 Å². The van der Waals surface area contributed by atoms with Crippen molar-refractivity contribution >= 4 is 5.97 Å². The van der Waals surface area contributed by atoms with Crippen LogP contribution >= 0.6 is 0 Å². The second-order valence-corrected chi connectivity index (χ2v) is 4.26. The van der Waals surface area contributed by atoms with Crippen LogP contribution in [-0.2, 0) is 4.79 Å². The van der Waals surface area contributed by atoms with Gasteiger partial charge in [-0.2, -0.15) is 0 Å². The third-order valence-corrected chi connectivity index (χ3v) is 2.41. The van der Waals surface area contributed by atoms with Crippen LogP contribution in [0.1, 0.15) is 58.3 Å². The number of carbonyl (C=O) groups is 1. The highest BCUT2D eigenvalue weighted by Crippen LogP contribution is 2.07. The van der Waals surface area contributed by atoms with Gasteiger partial charge in [0, 0.05) is 6.42 Å². The highest BCUT2D eigenvalue weighted by Gasteiger charge is 1.95. The molecule has 0 aromatic heterocycles. The Bertz CT molecular complexity index is 197. The molecule has 3 nitrogen and oxygen atoms in total. The minimum Gasteiger partial charge on any atom is -0.481 e. The summed E-state index contributed by atoms with van der Waals surface area (Å²) in [4.78, 5) is 10.2. The first-order valence-corrected chi connectivity index (χ1v) is 6.17. The first-order valence-electron chi connectivity index (χ1n) is 6.17. The van der Waals surface area contributed by atoms with Crippen LogP contribution in [0, 0.1) is 0 Å². The molecule has 0 aliphatic carbocycles. The Balaban J connectivity index is 3.09. The molecule has 0 spiro atoms. The standard InChI is InChI=1S/C13H24O3/c1-12(14)10-8-6-4-2-3-5-7-9-11-13(15)16/h6,8,12,14H,2-5,7,9-11H2,1H3,(H,15,16)/b8-6-/t12-/m1/s1. The molecule has 0 rings (SSSR count). The number of carboxylic acids is 1. The average molecular weight is 228 g/mol. The van der Waals surface area contributed by atoms with E-state index >= 15 is 0 Å². The van der Waals surface area contributed by atoms with Gasteiger partial charge < -0.3 is 10.2 Å². The van der Waals surface area contributed by atoms with Gasteiger partial charge in [0.1, 0.15) is 0 Å². The van der Waals surface area contributed by atoms with E-state index in [2.05, 4.69) is 6.08 Å². The van der Waals surface area contributed by atoms with Crippen LogP contribution in [0.4, 0.5) is 0 Å². The van der Waals surface area contributed by atoms with E-state index in [1.807, 2.05) is 6.08 Å². The number of allylic oxidation sites excluding steroid dienone is 1. The molecule has 1 atom stereocenters. The maximum absolute atomic E-state index is 10.2. The second kappa shape index (κ2) is 10.7. The number of hydrogen-bond acceptors (Lipinski definition) is 2. The Morgan fingerprint density at radius 3 is 2.38 bits per heavy atom. The lowest BCUT2D eigenvalue weighted by Gasteiger charge is -1.99. The molecular weight excluding hydrogens is 204 g/mol. The normalized spacial score (nSPS) is 13.1. The molecule has 0 bridgehead atoms. The highest BCUT2D eigenvalue weighted by atomic mass is 16.4. The highest BCUT2D eigenvalue weighted by molar-refractivity contribution is 5.66. The molecule has 16 heavy (non-hydrogen) atoms. The fraction of sp³-hybridized carbons (Fsp3) is 0.769. The lowest BCUT2D eigenvalue weighted by Crippen LogP contribution is -1.95. The zero-order chi connectivity index (χ0) is 12.2. The number of carboxylic acid groups (broad SMARTS) is 1. The molecule has 94 valence electrons. The summed E-state index contributed by atoms with van der Waals surface area (Å²) in [6.45, 7) is 1.78. The summed E-state index contributed by atoms with van der Waals surface area (Å²) in [5.74, 6) is -0.693. The van der Waals surface area contributed by atoms with E-state index in [9.17, 15) is 4.79 Å². The SMILES string of the molecule is C[C@@H](O)C/C=C\CCCCCCCC(=O)O. The van der Waals surface area contributed by atoms with Crippen molar-refractivity contribution in [2.75, 3.05) is 0 Å². The first-order chi connectivity index (χ1) is 7.63. The van der Waals surface area contributed by atoms with Gasteiger partial charge in [0.05, 0.1) is 6.10 Å². The Kier molecular flexibility index (Phi) is 10.1. The van der Waals surface area contributed by atoms with Crippen molar-refractivity contribution in [2.45, 2.75) is 64.4 Å². The van der Waals surface area contributed by atoms with Crippen molar-refractivity contribution in [1.29, 1.82) is 0 Å². The smallest absolute Gasteiger partial charge is 0.303 e. The van der Waals surface area contributed by atoms with Crippen molar-refractivity contribution < 1.29 is 15.0 Å². The van der Waals surface area contributed by atoms with Crippen LogP contribution in [0.15, 0.2) is 12.2 Å². The van der Waals surface area contributed by atoms with Crippen molar-refractivity contribution in [3.8, 4) is 0 Å². The Morgan fingerprint density at radius 2 is 1.75 bits per heavy atom. The van der Waals surface area contributed by atoms with Crippen molar-refractivity contribution in [3.05, 3.63) is 12.2 Å². The van der Waals surface area contributed by atoms with Crippen molar-refractivity contribution in [3.63, 3.8) is 0 Å². The molecule has 0 saturated heterocycles. The zero-order valence-corrected chi connectivity index (χ0v) is 10.2. The van der Waals surface area contributed by atoms with E-state index in [1.54, 1.807) is 6.92 Å². The van der Waals surface area contributed by atoms with E-state index in [0.717, 1.165) is 38.5 Å². The van der Waals surface area contributed by atoms with Crippen LogP contribution in [-0.4, -0.2) is 22.3 Å². The monoisotopic (exact) mass is 228 g/mol. The Hall–Kier alpha value is -0.830. The minimum atomic E-state index is -0.693. The summed E-state index contributed by atoms with van der Waals surface area (Å²) in [6, 6.07) is 0. The summed E-state index contributed by atoms with van der Waals surface area (Å²) in [5, 5.41) is 17.4. The number of unbranched alkanes of at least 4 members (excludes halogenated alkanes) is 5. The third kappa shape index (κ3) is 13.2. The predicted octanol–water partition coefficient (Wildman–Crippen LogP) is 3.13. The van der Waals surface area contributed by atoms with Crippen molar-refractivity contribution in [1.82, 2.24) is 0 Å². The van der Waals surface area contributed by atoms with Crippen LogP contribution in [0.3, 0.4) is 0 Å². The van der Waals surface area contributed by atoms with Gasteiger partial charge in [-0.25, -0.2) is 0 Å². The third-order valence-electron chi connectivity index (χ3n) is 2.41. The number of aliphatic carboxylic acids is 1. The molecule has 0 heterocycles. The molecule has 0 aromatic rings.